The number of hydrogen-bond acceptors (Lipinski definition) is 3. The maximum absolute atomic E-state index is 11.8. The average Bonchev–Trinajstić information content (AvgIpc) is 2.34. The number of nitrogens with one attached hydrogen (secondary N) is 1. The molecule has 0 radical (unpaired) electrons. The lowest BCUT2D eigenvalue weighted by Crippen LogP contribution is -2.38. The van der Waals surface area contributed by atoms with Crippen molar-refractivity contribution in [1.29, 1.82) is 0 Å². The molecule has 1 rings (SSSR count). The molecule has 1 aromatic rings. The van der Waals surface area contributed by atoms with Gasteiger partial charge < -0.3 is 15.8 Å². The summed E-state index contributed by atoms with van der Waals surface area (Å²) in [5.74, 6) is -1.46. The second-order valence-corrected chi connectivity index (χ2v) is 3.45. The van der Waals surface area contributed by atoms with Gasteiger partial charge in [0, 0.05) is 6.54 Å². The van der Waals surface area contributed by atoms with E-state index in [1.165, 1.54) is 0 Å². The van der Waals surface area contributed by atoms with Crippen LogP contribution in [0.25, 0.3) is 0 Å². The van der Waals surface area contributed by atoms with E-state index in [2.05, 4.69) is 0 Å². The van der Waals surface area contributed by atoms with E-state index in [0.717, 1.165) is 5.56 Å². The van der Waals surface area contributed by atoms with Crippen LogP contribution in [-0.4, -0.2) is 25.2 Å². The molecule has 0 saturated carbocycles. The molecule has 0 spiro atoms. The Kier molecular flexibility index (Phi) is 4.96. The quantitative estimate of drug-likeness (QED) is 0.784. The Balaban J connectivity index is 2.27. The fraction of sp³-hybridized carbons (Fsp3) is 0.364. The summed E-state index contributed by atoms with van der Waals surface area (Å²) in [5.41, 5.74) is 6.32. The summed E-state index contributed by atoms with van der Waals surface area (Å²) in [6.45, 7) is 0.155. The summed E-state index contributed by atoms with van der Waals surface area (Å²) >= 11 is 0. The largest absolute Gasteiger partial charge is 0.492 e. The average molecular weight is 262 g/mol. The van der Waals surface area contributed by atoms with Gasteiger partial charge in [0.25, 0.3) is 0 Å². The summed E-state index contributed by atoms with van der Waals surface area (Å²) in [6, 6.07) is 6.83. The minimum absolute atomic E-state index is 0.0379. The number of rotatable bonds is 5. The van der Waals surface area contributed by atoms with Gasteiger partial charge in [0.1, 0.15) is 12.4 Å². The second kappa shape index (κ2) is 6.25. The molecule has 0 heterocycles. The van der Waals surface area contributed by atoms with Crippen molar-refractivity contribution in [2.45, 2.75) is 12.7 Å². The molecule has 0 fully saturated rings. The first-order valence-corrected chi connectivity index (χ1v) is 5.20. The molecule has 1 aromatic carbocycles. The van der Waals surface area contributed by atoms with Crippen LogP contribution in [0.15, 0.2) is 24.3 Å². The van der Waals surface area contributed by atoms with Crippen molar-refractivity contribution in [3.05, 3.63) is 29.8 Å². The Hall–Kier alpha value is -1.76. The highest BCUT2D eigenvalue weighted by atomic mass is 19.4. The van der Waals surface area contributed by atoms with Crippen molar-refractivity contribution >= 4 is 5.91 Å². The molecule has 1 amide bonds. The van der Waals surface area contributed by atoms with E-state index in [1.807, 2.05) is 0 Å². The molecule has 100 valence electrons. The summed E-state index contributed by atoms with van der Waals surface area (Å²) in [4.78, 5) is 10.5. The van der Waals surface area contributed by atoms with Crippen molar-refractivity contribution in [1.82, 2.24) is 5.32 Å². The van der Waals surface area contributed by atoms with Crippen molar-refractivity contribution in [2.75, 3.05) is 13.2 Å². The van der Waals surface area contributed by atoms with Crippen LogP contribution in [0.4, 0.5) is 13.2 Å². The van der Waals surface area contributed by atoms with Gasteiger partial charge in [0.2, 0.25) is 0 Å². The minimum Gasteiger partial charge on any atom is -0.492 e. The molecule has 0 aliphatic carbocycles. The van der Waals surface area contributed by atoms with Crippen molar-refractivity contribution in [3.63, 3.8) is 0 Å². The highest BCUT2D eigenvalue weighted by molar-refractivity contribution is 5.81. The van der Waals surface area contributed by atoms with Gasteiger partial charge in [0.15, 0.2) is 0 Å². The number of ether oxygens (including phenoxy) is 1. The standard InChI is InChI=1S/C11H13F3N2O2/c12-11(13,14)10(17)16-5-6-18-9-3-1-8(7-15)2-4-9/h1-4H,5-7,15H2,(H,16,17). The SMILES string of the molecule is NCc1ccc(OCCNC(=O)C(F)(F)F)cc1. The summed E-state index contributed by atoms with van der Waals surface area (Å²) in [6.07, 6.45) is -4.86. The van der Waals surface area contributed by atoms with E-state index < -0.39 is 12.1 Å². The Morgan fingerprint density at radius 1 is 1.28 bits per heavy atom. The van der Waals surface area contributed by atoms with Gasteiger partial charge in [-0.3, -0.25) is 4.79 Å². The Labute approximate surface area is 102 Å². The molecular formula is C11H13F3N2O2. The molecule has 0 bridgehead atoms. The van der Waals surface area contributed by atoms with Gasteiger partial charge in [-0.1, -0.05) is 12.1 Å². The molecule has 0 aliphatic rings. The van der Waals surface area contributed by atoms with Crippen LogP contribution < -0.4 is 15.8 Å². The first-order valence-electron chi connectivity index (χ1n) is 5.20. The number of amides is 1. The van der Waals surface area contributed by atoms with Gasteiger partial charge in [0.05, 0.1) is 6.54 Å². The third-order valence-electron chi connectivity index (χ3n) is 2.07. The Morgan fingerprint density at radius 2 is 1.89 bits per heavy atom. The predicted octanol–water partition coefficient (Wildman–Crippen LogP) is 1.20. The first-order chi connectivity index (χ1) is 8.43. The fourth-order valence-corrected chi connectivity index (χ4v) is 1.16. The van der Waals surface area contributed by atoms with Crippen LogP contribution in [0.1, 0.15) is 5.56 Å². The van der Waals surface area contributed by atoms with Crippen molar-refractivity contribution in [2.24, 2.45) is 5.73 Å². The highest BCUT2D eigenvalue weighted by Gasteiger charge is 2.38. The smallest absolute Gasteiger partial charge is 0.471 e. The lowest BCUT2D eigenvalue weighted by atomic mass is 10.2. The molecule has 0 aromatic heterocycles. The van der Waals surface area contributed by atoms with Crippen molar-refractivity contribution < 1.29 is 22.7 Å². The topological polar surface area (TPSA) is 64.3 Å². The monoisotopic (exact) mass is 262 g/mol. The zero-order valence-electron chi connectivity index (χ0n) is 9.46. The van der Waals surface area contributed by atoms with E-state index in [9.17, 15) is 18.0 Å². The molecule has 3 N–H and O–H groups in total. The number of halogens is 3. The fourth-order valence-electron chi connectivity index (χ4n) is 1.16. The Morgan fingerprint density at radius 3 is 2.39 bits per heavy atom. The molecule has 18 heavy (non-hydrogen) atoms. The van der Waals surface area contributed by atoms with E-state index in [-0.39, 0.29) is 13.2 Å². The molecule has 0 saturated heterocycles. The normalized spacial score (nSPS) is 11.1. The van der Waals surface area contributed by atoms with E-state index >= 15 is 0 Å². The molecule has 0 unspecified atom stereocenters. The number of benzene rings is 1. The zero-order valence-corrected chi connectivity index (χ0v) is 9.46. The third-order valence-corrected chi connectivity index (χ3v) is 2.07. The highest BCUT2D eigenvalue weighted by Crippen LogP contribution is 2.14. The third kappa shape index (κ3) is 4.62. The van der Waals surface area contributed by atoms with Crippen LogP contribution >= 0.6 is 0 Å². The number of nitrogens with two attached hydrogens (primary N) is 1. The summed E-state index contributed by atoms with van der Waals surface area (Å²) in [5, 5.41) is 1.71. The van der Waals surface area contributed by atoms with E-state index in [0.29, 0.717) is 12.3 Å². The number of carbonyl (C=O) groups is 1. The van der Waals surface area contributed by atoms with Gasteiger partial charge in [-0.15, -0.1) is 0 Å². The lowest BCUT2D eigenvalue weighted by Gasteiger charge is -2.09. The predicted molar refractivity (Wildman–Crippen MR) is 58.9 cm³/mol. The van der Waals surface area contributed by atoms with Gasteiger partial charge in [-0.2, -0.15) is 13.2 Å². The molecule has 0 atom stereocenters. The zero-order chi connectivity index (χ0) is 13.6. The molecular weight excluding hydrogens is 249 g/mol. The van der Waals surface area contributed by atoms with Gasteiger partial charge >= 0.3 is 12.1 Å². The van der Waals surface area contributed by atoms with E-state index in [4.69, 9.17) is 10.5 Å². The minimum atomic E-state index is -4.86. The van der Waals surface area contributed by atoms with Crippen LogP contribution in [0.5, 0.6) is 5.75 Å². The summed E-state index contributed by atoms with van der Waals surface area (Å²) in [7, 11) is 0. The van der Waals surface area contributed by atoms with Crippen LogP contribution in [0, 0.1) is 0 Å². The molecule has 0 aliphatic heterocycles. The van der Waals surface area contributed by atoms with Gasteiger partial charge in [-0.05, 0) is 17.7 Å². The second-order valence-electron chi connectivity index (χ2n) is 3.45. The first kappa shape index (κ1) is 14.3. The number of hydrogen-bond donors (Lipinski definition) is 2. The molecule has 7 heteroatoms. The van der Waals surface area contributed by atoms with Crippen LogP contribution in [0.2, 0.25) is 0 Å². The molecule has 4 nitrogen and oxygen atoms in total. The maximum Gasteiger partial charge on any atom is 0.471 e. The number of alkyl halides is 3. The van der Waals surface area contributed by atoms with E-state index in [1.54, 1.807) is 29.6 Å². The Bertz CT molecular complexity index is 390. The van der Waals surface area contributed by atoms with Crippen LogP contribution in [0.3, 0.4) is 0 Å². The maximum atomic E-state index is 11.8. The van der Waals surface area contributed by atoms with Crippen molar-refractivity contribution in [3.8, 4) is 5.75 Å². The van der Waals surface area contributed by atoms with Crippen LogP contribution in [-0.2, 0) is 11.3 Å². The summed E-state index contributed by atoms with van der Waals surface area (Å²) < 4.78 is 40.6. The van der Waals surface area contributed by atoms with Gasteiger partial charge in [-0.25, -0.2) is 0 Å². The number of carbonyl (C=O) groups excluding carboxylic acids is 1. The lowest BCUT2D eigenvalue weighted by molar-refractivity contribution is -0.173.